The number of hydrogen-bond acceptors (Lipinski definition) is 3. The molecule has 0 bridgehead atoms. The highest BCUT2D eigenvalue weighted by Gasteiger charge is 2.02. The number of nitrogens with zero attached hydrogens (tertiary/aromatic N) is 1. The summed E-state index contributed by atoms with van der Waals surface area (Å²) in [7, 11) is 0. The van der Waals surface area contributed by atoms with Crippen LogP contribution < -0.4 is 0 Å². The van der Waals surface area contributed by atoms with E-state index in [1.165, 1.54) is 11.1 Å². The van der Waals surface area contributed by atoms with Crippen molar-refractivity contribution in [3.63, 3.8) is 0 Å². The molecule has 15 heavy (non-hydrogen) atoms. The number of thioether (sulfide) groups is 1. The van der Waals surface area contributed by atoms with Crippen LogP contribution in [0.4, 0.5) is 0 Å². The quantitative estimate of drug-likeness (QED) is 0.754. The molecule has 2 rings (SSSR count). The lowest BCUT2D eigenvalue weighted by Crippen LogP contribution is -1.84. The molecule has 1 nitrogen and oxygen atoms in total. The normalized spacial score (nSPS) is 10.5. The molecule has 0 atom stereocenters. The van der Waals surface area contributed by atoms with Crippen molar-refractivity contribution in [2.24, 2.45) is 0 Å². The molecule has 0 aliphatic carbocycles. The number of benzene rings is 1. The molecule has 0 aliphatic heterocycles. The molecule has 0 N–H and O–H groups in total. The van der Waals surface area contributed by atoms with Crippen LogP contribution in [0.1, 0.15) is 11.1 Å². The predicted octanol–water partition coefficient (Wildman–Crippen LogP) is 4.40. The van der Waals surface area contributed by atoms with Gasteiger partial charge in [0.15, 0.2) is 4.34 Å². The Morgan fingerprint density at radius 2 is 2.20 bits per heavy atom. The number of thiazole rings is 1. The minimum Gasteiger partial charge on any atom is -0.218 e. The van der Waals surface area contributed by atoms with E-state index in [0.717, 1.165) is 10.1 Å². The van der Waals surface area contributed by atoms with Crippen molar-refractivity contribution < 1.29 is 0 Å². The summed E-state index contributed by atoms with van der Waals surface area (Å²) in [4.78, 5) is 4.20. The van der Waals surface area contributed by atoms with E-state index in [2.05, 4.69) is 36.2 Å². The smallest absolute Gasteiger partial charge is 0.151 e. The fraction of sp³-hybridized carbons (Fsp3) is 0.182. The summed E-state index contributed by atoms with van der Waals surface area (Å²) in [5.74, 6) is 0.955. The van der Waals surface area contributed by atoms with Crippen LogP contribution >= 0.6 is 34.7 Å². The van der Waals surface area contributed by atoms with E-state index in [9.17, 15) is 0 Å². The van der Waals surface area contributed by atoms with E-state index in [0.29, 0.717) is 5.15 Å². The molecule has 0 unspecified atom stereocenters. The summed E-state index contributed by atoms with van der Waals surface area (Å²) in [5.41, 5.74) is 2.68. The molecular weight excluding hydrogens is 246 g/mol. The van der Waals surface area contributed by atoms with Crippen LogP contribution in [0.25, 0.3) is 0 Å². The molecule has 0 aliphatic rings. The van der Waals surface area contributed by atoms with E-state index >= 15 is 0 Å². The molecule has 1 heterocycles. The van der Waals surface area contributed by atoms with E-state index < -0.39 is 0 Å². The average Bonchev–Trinajstić information content (AvgIpc) is 2.63. The third-order valence-electron chi connectivity index (χ3n) is 2.07. The van der Waals surface area contributed by atoms with E-state index in [4.69, 9.17) is 11.6 Å². The Bertz CT molecular complexity index is 453. The van der Waals surface area contributed by atoms with E-state index in [1.54, 1.807) is 23.1 Å². The summed E-state index contributed by atoms with van der Waals surface area (Å²) in [5, 5.41) is 2.45. The van der Waals surface area contributed by atoms with Crippen molar-refractivity contribution in [3.8, 4) is 0 Å². The largest absolute Gasteiger partial charge is 0.218 e. The van der Waals surface area contributed by atoms with Crippen molar-refractivity contribution in [3.05, 3.63) is 45.9 Å². The first-order valence-corrected chi connectivity index (χ1v) is 6.78. The third-order valence-corrected chi connectivity index (χ3v) is 4.46. The Morgan fingerprint density at radius 1 is 1.40 bits per heavy atom. The second kappa shape index (κ2) is 5.01. The first kappa shape index (κ1) is 11.0. The van der Waals surface area contributed by atoms with Crippen LogP contribution in [0, 0.1) is 6.92 Å². The Labute approximate surface area is 103 Å². The fourth-order valence-corrected chi connectivity index (χ4v) is 3.30. The number of aryl methyl sites for hydroxylation is 1. The molecule has 2 aromatic rings. The molecule has 0 saturated carbocycles. The summed E-state index contributed by atoms with van der Waals surface area (Å²) in [6.07, 6.45) is 0. The van der Waals surface area contributed by atoms with Gasteiger partial charge in [-0.25, -0.2) is 4.98 Å². The molecule has 0 fully saturated rings. The van der Waals surface area contributed by atoms with Gasteiger partial charge in [-0.3, -0.25) is 0 Å². The molecule has 0 spiro atoms. The maximum Gasteiger partial charge on any atom is 0.151 e. The maximum absolute atomic E-state index is 5.76. The average molecular weight is 256 g/mol. The minimum absolute atomic E-state index is 0.590. The van der Waals surface area contributed by atoms with Gasteiger partial charge in [-0.05, 0) is 18.1 Å². The molecule has 4 heteroatoms. The number of halogens is 1. The Morgan fingerprint density at radius 3 is 2.87 bits per heavy atom. The zero-order chi connectivity index (χ0) is 10.7. The molecule has 1 aromatic carbocycles. The van der Waals surface area contributed by atoms with Crippen molar-refractivity contribution in [2.75, 3.05) is 0 Å². The number of rotatable bonds is 3. The van der Waals surface area contributed by atoms with Gasteiger partial charge in [0.1, 0.15) is 5.15 Å². The molecule has 1 aromatic heterocycles. The van der Waals surface area contributed by atoms with Gasteiger partial charge in [0.25, 0.3) is 0 Å². The topological polar surface area (TPSA) is 12.9 Å². The standard InChI is InChI=1S/C11H10ClNS2/c1-8-4-2-3-5-9(8)6-14-11-13-10(12)7-15-11/h2-5,7H,6H2,1H3. The van der Waals surface area contributed by atoms with Crippen molar-refractivity contribution in [1.82, 2.24) is 4.98 Å². The third kappa shape index (κ3) is 2.97. The van der Waals surface area contributed by atoms with Crippen molar-refractivity contribution >= 4 is 34.7 Å². The maximum atomic E-state index is 5.76. The van der Waals surface area contributed by atoms with Crippen LogP contribution in [-0.2, 0) is 5.75 Å². The van der Waals surface area contributed by atoms with Crippen LogP contribution in [0.2, 0.25) is 5.15 Å². The van der Waals surface area contributed by atoms with Gasteiger partial charge in [-0.15, -0.1) is 11.3 Å². The highest BCUT2D eigenvalue weighted by atomic mass is 35.5. The second-order valence-corrected chi connectivity index (χ2v) is 5.62. The van der Waals surface area contributed by atoms with Gasteiger partial charge in [-0.1, -0.05) is 47.6 Å². The number of aromatic nitrogens is 1. The highest BCUT2D eigenvalue weighted by Crippen LogP contribution is 2.28. The summed E-state index contributed by atoms with van der Waals surface area (Å²) >= 11 is 9.09. The predicted molar refractivity (Wildman–Crippen MR) is 67.9 cm³/mol. The Hall–Kier alpha value is -0.510. The van der Waals surface area contributed by atoms with Gasteiger partial charge in [-0.2, -0.15) is 0 Å². The van der Waals surface area contributed by atoms with Gasteiger partial charge in [0.2, 0.25) is 0 Å². The minimum atomic E-state index is 0.590. The summed E-state index contributed by atoms with van der Waals surface area (Å²) < 4.78 is 1.03. The van der Waals surface area contributed by atoms with Crippen LogP contribution in [0.15, 0.2) is 34.0 Å². The molecule has 0 amide bonds. The zero-order valence-corrected chi connectivity index (χ0v) is 10.6. The van der Waals surface area contributed by atoms with Crippen molar-refractivity contribution in [1.29, 1.82) is 0 Å². The van der Waals surface area contributed by atoms with E-state index in [-0.39, 0.29) is 0 Å². The molecular formula is C11H10ClNS2. The van der Waals surface area contributed by atoms with Crippen LogP contribution in [0.3, 0.4) is 0 Å². The van der Waals surface area contributed by atoms with Crippen LogP contribution in [0.5, 0.6) is 0 Å². The second-order valence-electron chi connectivity index (χ2n) is 3.15. The lowest BCUT2D eigenvalue weighted by molar-refractivity contribution is 1.23. The zero-order valence-electron chi connectivity index (χ0n) is 8.24. The van der Waals surface area contributed by atoms with E-state index in [1.807, 2.05) is 5.38 Å². The summed E-state index contributed by atoms with van der Waals surface area (Å²) in [6.45, 7) is 2.13. The van der Waals surface area contributed by atoms with Gasteiger partial charge >= 0.3 is 0 Å². The highest BCUT2D eigenvalue weighted by molar-refractivity contribution is 8.00. The molecule has 0 radical (unpaired) electrons. The monoisotopic (exact) mass is 255 g/mol. The fourth-order valence-electron chi connectivity index (χ4n) is 1.22. The molecule has 0 saturated heterocycles. The van der Waals surface area contributed by atoms with Crippen molar-refractivity contribution in [2.45, 2.75) is 17.0 Å². The lowest BCUT2D eigenvalue weighted by atomic mass is 10.1. The molecule has 78 valence electrons. The first-order chi connectivity index (χ1) is 7.25. The van der Waals surface area contributed by atoms with Gasteiger partial charge < -0.3 is 0 Å². The first-order valence-electron chi connectivity index (χ1n) is 4.54. The summed E-state index contributed by atoms with van der Waals surface area (Å²) in [6, 6.07) is 8.41. The Balaban J connectivity index is 2.02. The van der Waals surface area contributed by atoms with Gasteiger partial charge in [0, 0.05) is 11.1 Å². The van der Waals surface area contributed by atoms with Gasteiger partial charge in [0.05, 0.1) is 0 Å². The Kier molecular flexibility index (Phi) is 3.67. The van der Waals surface area contributed by atoms with Crippen LogP contribution in [-0.4, -0.2) is 4.98 Å². The SMILES string of the molecule is Cc1ccccc1CSc1nc(Cl)cs1. The number of hydrogen-bond donors (Lipinski definition) is 0. The lowest BCUT2D eigenvalue weighted by Gasteiger charge is -2.02.